The van der Waals surface area contributed by atoms with Gasteiger partial charge in [0.25, 0.3) is 0 Å². The summed E-state index contributed by atoms with van der Waals surface area (Å²) in [5.74, 6) is -0.863. The Kier molecular flexibility index (Phi) is 65.1. The lowest BCUT2D eigenvalue weighted by molar-refractivity contribution is -0.167. The summed E-state index contributed by atoms with van der Waals surface area (Å²) in [5, 5.41) is 0. The first kappa shape index (κ1) is 76.1. The van der Waals surface area contributed by atoms with Crippen LogP contribution in [0.15, 0.2) is 60.8 Å². The zero-order valence-electron chi connectivity index (χ0n) is 52.9. The molecule has 0 rings (SSSR count). The second-order valence-electron chi connectivity index (χ2n) is 23.4. The first-order valence-corrected chi connectivity index (χ1v) is 34.8. The van der Waals surface area contributed by atoms with Crippen molar-refractivity contribution in [3.05, 3.63) is 60.8 Å². The smallest absolute Gasteiger partial charge is 0.306 e. The molecule has 0 aromatic rings. The van der Waals surface area contributed by atoms with Gasteiger partial charge in [0.2, 0.25) is 0 Å². The van der Waals surface area contributed by atoms with E-state index in [2.05, 4.69) is 81.5 Å². The van der Waals surface area contributed by atoms with E-state index in [9.17, 15) is 14.4 Å². The maximum Gasteiger partial charge on any atom is 0.306 e. The van der Waals surface area contributed by atoms with Crippen molar-refractivity contribution in [2.24, 2.45) is 0 Å². The summed E-state index contributed by atoms with van der Waals surface area (Å²) in [5.41, 5.74) is 0. The van der Waals surface area contributed by atoms with Crippen molar-refractivity contribution >= 4 is 17.9 Å². The molecular weight excluding hydrogens is 973 g/mol. The van der Waals surface area contributed by atoms with Crippen LogP contribution >= 0.6 is 0 Å². The Morgan fingerprint density at radius 2 is 0.494 bits per heavy atom. The molecule has 0 amide bonds. The largest absolute Gasteiger partial charge is 0.462 e. The van der Waals surface area contributed by atoms with E-state index < -0.39 is 6.10 Å². The van der Waals surface area contributed by atoms with Gasteiger partial charge >= 0.3 is 17.9 Å². The normalized spacial score (nSPS) is 12.4. The fraction of sp³-hybridized carbons (Fsp3) is 0.822. The minimum absolute atomic E-state index is 0.0740. The van der Waals surface area contributed by atoms with E-state index in [-0.39, 0.29) is 31.1 Å². The van der Waals surface area contributed by atoms with Crippen molar-refractivity contribution in [2.75, 3.05) is 13.2 Å². The third-order valence-corrected chi connectivity index (χ3v) is 15.5. The molecule has 0 aromatic heterocycles. The van der Waals surface area contributed by atoms with Gasteiger partial charge in [-0.2, -0.15) is 0 Å². The van der Waals surface area contributed by atoms with Crippen molar-refractivity contribution in [3.63, 3.8) is 0 Å². The topological polar surface area (TPSA) is 78.9 Å². The Hall–Kier alpha value is -2.89. The maximum absolute atomic E-state index is 12.9. The molecule has 0 aliphatic carbocycles. The second kappa shape index (κ2) is 67.6. The summed E-state index contributed by atoms with van der Waals surface area (Å²) in [6.45, 7) is 6.57. The van der Waals surface area contributed by atoms with E-state index in [1.807, 2.05) is 0 Å². The predicted molar refractivity (Wildman–Crippen MR) is 344 cm³/mol. The Bertz CT molecular complexity index is 1410. The van der Waals surface area contributed by atoms with Crippen LogP contribution < -0.4 is 0 Å². The molecule has 0 bridgehead atoms. The number of ether oxygens (including phenoxy) is 3. The molecule has 0 aromatic carbocycles. The Morgan fingerprint density at radius 3 is 0.772 bits per heavy atom. The summed E-state index contributed by atoms with van der Waals surface area (Å²) in [6.07, 6.45) is 86.8. The van der Waals surface area contributed by atoms with Gasteiger partial charge in [0, 0.05) is 19.3 Å². The van der Waals surface area contributed by atoms with Gasteiger partial charge in [-0.3, -0.25) is 14.4 Å². The van der Waals surface area contributed by atoms with Gasteiger partial charge in [-0.15, -0.1) is 0 Å². The number of rotatable bonds is 64. The first-order chi connectivity index (χ1) is 39.0. The van der Waals surface area contributed by atoms with Crippen LogP contribution in [0.4, 0.5) is 0 Å². The standard InChI is InChI=1S/C73H132O6/c1-4-7-10-13-16-19-22-24-26-28-30-32-34-35-36-37-39-40-42-44-46-48-51-54-57-60-63-66-72(75)78-69-70(68-77-71(74)65-62-59-56-53-50-21-18-15-12-9-6-3)79-73(76)67-64-61-58-55-52-49-47-45-43-41-38-33-31-29-27-25-23-20-17-14-11-8-5-2/h8,11,17,20,25,27,31,33,41,43,70H,4-7,9-10,12-16,18-19,21-24,26,28-30,32,34-40,42,44-69H2,1-3H3/b11-8-,20-17-,27-25-,33-31-,43-41-. The highest BCUT2D eigenvalue weighted by Gasteiger charge is 2.19. The number of hydrogen-bond acceptors (Lipinski definition) is 6. The molecule has 0 radical (unpaired) electrons. The lowest BCUT2D eigenvalue weighted by Gasteiger charge is -2.18. The van der Waals surface area contributed by atoms with E-state index in [1.54, 1.807) is 0 Å². The van der Waals surface area contributed by atoms with Crippen LogP contribution in [0.3, 0.4) is 0 Å². The maximum atomic E-state index is 12.9. The van der Waals surface area contributed by atoms with Crippen molar-refractivity contribution in [2.45, 2.75) is 374 Å². The third-order valence-electron chi connectivity index (χ3n) is 15.5. The van der Waals surface area contributed by atoms with Gasteiger partial charge < -0.3 is 14.2 Å². The van der Waals surface area contributed by atoms with Crippen LogP contribution in [0.5, 0.6) is 0 Å². The van der Waals surface area contributed by atoms with Crippen LogP contribution in [-0.4, -0.2) is 37.2 Å². The van der Waals surface area contributed by atoms with Crippen molar-refractivity contribution < 1.29 is 28.6 Å². The number of hydrogen-bond donors (Lipinski definition) is 0. The van der Waals surface area contributed by atoms with Crippen molar-refractivity contribution in [3.8, 4) is 0 Å². The Labute approximate surface area is 491 Å². The summed E-state index contributed by atoms with van der Waals surface area (Å²) < 4.78 is 17.0. The van der Waals surface area contributed by atoms with Crippen LogP contribution in [0.25, 0.3) is 0 Å². The first-order valence-electron chi connectivity index (χ1n) is 34.8. The summed E-state index contributed by atoms with van der Waals surface area (Å²) >= 11 is 0. The molecule has 0 fully saturated rings. The molecule has 0 aliphatic heterocycles. The molecule has 0 spiro atoms. The average Bonchev–Trinajstić information content (AvgIpc) is 3.45. The molecular formula is C73H132O6. The molecule has 0 N–H and O–H groups in total. The van der Waals surface area contributed by atoms with E-state index in [0.29, 0.717) is 19.3 Å². The lowest BCUT2D eigenvalue weighted by atomic mass is 10.0. The van der Waals surface area contributed by atoms with Crippen LogP contribution in [0.2, 0.25) is 0 Å². The summed E-state index contributed by atoms with van der Waals surface area (Å²) in [7, 11) is 0. The van der Waals surface area contributed by atoms with Gasteiger partial charge in [0.05, 0.1) is 0 Å². The number of carbonyl (C=O) groups is 3. The minimum atomic E-state index is -0.778. The Balaban J connectivity index is 4.21. The fourth-order valence-electron chi connectivity index (χ4n) is 10.4. The molecule has 79 heavy (non-hydrogen) atoms. The molecule has 460 valence electrons. The summed E-state index contributed by atoms with van der Waals surface area (Å²) in [6, 6.07) is 0. The van der Waals surface area contributed by atoms with Crippen molar-refractivity contribution in [1.29, 1.82) is 0 Å². The minimum Gasteiger partial charge on any atom is -0.462 e. The monoisotopic (exact) mass is 1110 g/mol. The molecule has 0 aliphatic rings. The zero-order valence-corrected chi connectivity index (χ0v) is 52.9. The molecule has 0 saturated heterocycles. The van der Waals surface area contributed by atoms with Crippen molar-refractivity contribution in [1.82, 2.24) is 0 Å². The summed E-state index contributed by atoms with van der Waals surface area (Å²) in [4.78, 5) is 38.3. The van der Waals surface area contributed by atoms with Gasteiger partial charge in [-0.25, -0.2) is 0 Å². The molecule has 0 saturated carbocycles. The Morgan fingerprint density at radius 1 is 0.266 bits per heavy atom. The molecule has 1 atom stereocenters. The van der Waals surface area contributed by atoms with Gasteiger partial charge in [0.1, 0.15) is 13.2 Å². The van der Waals surface area contributed by atoms with E-state index >= 15 is 0 Å². The number of allylic oxidation sites excluding steroid dienone is 10. The number of unbranched alkanes of at least 4 members (excludes halogenated alkanes) is 43. The number of esters is 3. The van der Waals surface area contributed by atoms with E-state index in [4.69, 9.17) is 14.2 Å². The highest BCUT2D eigenvalue weighted by atomic mass is 16.6. The van der Waals surface area contributed by atoms with Gasteiger partial charge in [-0.1, -0.05) is 345 Å². The fourth-order valence-corrected chi connectivity index (χ4v) is 10.4. The van der Waals surface area contributed by atoms with Crippen LogP contribution in [0.1, 0.15) is 367 Å². The highest BCUT2D eigenvalue weighted by Crippen LogP contribution is 2.18. The zero-order chi connectivity index (χ0) is 57.1. The van der Waals surface area contributed by atoms with E-state index in [0.717, 1.165) is 96.3 Å². The van der Waals surface area contributed by atoms with E-state index in [1.165, 1.54) is 231 Å². The molecule has 6 nitrogen and oxygen atoms in total. The lowest BCUT2D eigenvalue weighted by Crippen LogP contribution is -2.30. The third kappa shape index (κ3) is 65.8. The highest BCUT2D eigenvalue weighted by molar-refractivity contribution is 5.71. The van der Waals surface area contributed by atoms with Gasteiger partial charge in [-0.05, 0) is 64.2 Å². The molecule has 0 heterocycles. The average molecular weight is 1110 g/mol. The quantitative estimate of drug-likeness (QED) is 0.0261. The SMILES string of the molecule is CC/C=C\C/C=C\C/C=C\C/C=C\C/C=C\CCCCCCCCCC(=O)OC(COC(=O)CCCCCCCCCCCCC)COC(=O)CCCCCCCCCCCCCCCCCCCCCCCCCCCCC. The predicted octanol–water partition coefficient (Wildman–Crippen LogP) is 23.9. The second-order valence-corrected chi connectivity index (χ2v) is 23.4. The molecule has 6 heteroatoms. The molecule has 1 unspecified atom stereocenters. The van der Waals surface area contributed by atoms with Gasteiger partial charge in [0.15, 0.2) is 6.10 Å². The number of carbonyl (C=O) groups excluding carboxylic acids is 3. The van der Waals surface area contributed by atoms with Crippen LogP contribution in [-0.2, 0) is 28.6 Å². The van der Waals surface area contributed by atoms with Crippen LogP contribution in [0, 0.1) is 0 Å².